The number of fused-ring (bicyclic) bond motifs is 1. The fourth-order valence-electron chi connectivity index (χ4n) is 3.60. The van der Waals surface area contributed by atoms with Crippen LogP contribution in [0.2, 0.25) is 0 Å². The molecule has 33 heavy (non-hydrogen) atoms. The first-order valence-electron chi connectivity index (χ1n) is 10.8. The molecule has 4 rings (SSSR count). The van der Waals surface area contributed by atoms with Crippen molar-refractivity contribution in [2.45, 2.75) is 37.6 Å². The molecule has 0 amide bonds. The second kappa shape index (κ2) is 10.1. The Kier molecular flexibility index (Phi) is 7.05. The van der Waals surface area contributed by atoms with Gasteiger partial charge < -0.3 is 9.84 Å². The molecule has 1 heterocycles. The van der Waals surface area contributed by atoms with Gasteiger partial charge in [-0.25, -0.2) is 12.8 Å². The first kappa shape index (κ1) is 22.9. The number of anilines is 1. The molecule has 1 aromatic heterocycles. The Morgan fingerprint density at radius 3 is 2.64 bits per heavy atom. The number of unbranched alkanes of at least 4 members (excludes halogenated alkanes) is 1. The third-order valence-electron chi connectivity index (χ3n) is 5.37. The van der Waals surface area contributed by atoms with E-state index in [1.54, 1.807) is 36.4 Å². The minimum absolute atomic E-state index is 0.238. The van der Waals surface area contributed by atoms with Crippen LogP contribution in [0.25, 0.3) is 11.0 Å². The number of aromatic nitrogens is 1. The highest BCUT2D eigenvalue weighted by atomic mass is 32.2. The van der Waals surface area contributed by atoms with E-state index < -0.39 is 10.0 Å². The summed E-state index contributed by atoms with van der Waals surface area (Å²) in [5, 5.41) is 8.29. The van der Waals surface area contributed by atoms with Crippen LogP contribution in [0.1, 0.15) is 29.7 Å². The summed E-state index contributed by atoms with van der Waals surface area (Å²) in [6.07, 6.45) is 2.62. The van der Waals surface area contributed by atoms with Gasteiger partial charge in [-0.1, -0.05) is 35.0 Å². The summed E-state index contributed by atoms with van der Waals surface area (Å²) in [4.78, 5) is 0.238. The topological polar surface area (TPSA) is 84.2 Å². The summed E-state index contributed by atoms with van der Waals surface area (Å²) in [5.74, 6) is -0.332. The van der Waals surface area contributed by atoms with E-state index in [9.17, 15) is 12.8 Å². The van der Waals surface area contributed by atoms with E-state index in [0.29, 0.717) is 17.8 Å². The lowest BCUT2D eigenvalue weighted by Crippen LogP contribution is -2.16. The maximum atomic E-state index is 13.2. The molecular weight excluding hydrogens is 441 g/mol. The molecule has 0 atom stereocenters. The molecule has 0 unspecified atom stereocenters. The van der Waals surface area contributed by atoms with Gasteiger partial charge in [0, 0.05) is 23.7 Å². The number of rotatable bonds is 10. The quantitative estimate of drug-likeness (QED) is 0.314. The molecule has 3 aromatic carbocycles. The largest absolute Gasteiger partial charge is 0.356 e. The molecule has 0 aliphatic carbocycles. The highest BCUT2D eigenvalue weighted by molar-refractivity contribution is 7.92. The van der Waals surface area contributed by atoms with Crippen molar-refractivity contribution in [2.75, 3.05) is 11.3 Å². The summed E-state index contributed by atoms with van der Waals surface area (Å²) in [6.45, 7) is 3.36. The van der Waals surface area contributed by atoms with Crippen LogP contribution in [0.4, 0.5) is 10.1 Å². The van der Waals surface area contributed by atoms with Gasteiger partial charge in [-0.2, -0.15) is 0 Å². The average molecular weight is 468 g/mol. The molecule has 172 valence electrons. The average Bonchev–Trinajstić information content (AvgIpc) is 3.18. The molecule has 2 N–H and O–H groups in total. The standard InChI is InChI=1S/C25H26FN3O3S/c1-18-8-11-22(12-9-18)33(30,31)29-21-6-4-5-19(15-21)17-27-14-3-2-7-24-23-13-10-20(26)16-25(23)32-28-24/h4-6,8-13,15-16,27,29H,2-3,7,14,17H2,1H3. The van der Waals surface area contributed by atoms with Gasteiger partial charge >= 0.3 is 0 Å². The third kappa shape index (κ3) is 5.97. The molecule has 8 heteroatoms. The van der Waals surface area contributed by atoms with Crippen molar-refractivity contribution >= 4 is 26.7 Å². The van der Waals surface area contributed by atoms with Crippen molar-refractivity contribution in [2.24, 2.45) is 0 Å². The Bertz CT molecular complexity index is 1330. The van der Waals surface area contributed by atoms with Crippen LogP contribution >= 0.6 is 0 Å². The number of nitrogens with zero attached hydrogens (tertiary/aromatic N) is 1. The van der Waals surface area contributed by atoms with Gasteiger partial charge in [0.1, 0.15) is 5.82 Å². The summed E-state index contributed by atoms with van der Waals surface area (Å²) in [6, 6.07) is 18.6. The zero-order chi connectivity index (χ0) is 23.3. The fourth-order valence-corrected chi connectivity index (χ4v) is 4.64. The van der Waals surface area contributed by atoms with Crippen LogP contribution in [-0.4, -0.2) is 20.1 Å². The van der Waals surface area contributed by atoms with Crippen LogP contribution in [-0.2, 0) is 23.0 Å². The predicted molar refractivity (Wildman–Crippen MR) is 127 cm³/mol. The Balaban J connectivity index is 1.24. The van der Waals surface area contributed by atoms with Crippen molar-refractivity contribution < 1.29 is 17.3 Å². The number of halogens is 1. The van der Waals surface area contributed by atoms with Crippen molar-refractivity contribution in [1.29, 1.82) is 0 Å². The molecule has 4 aromatic rings. The van der Waals surface area contributed by atoms with Gasteiger partial charge in [0.15, 0.2) is 5.58 Å². The minimum atomic E-state index is -3.62. The smallest absolute Gasteiger partial charge is 0.261 e. The van der Waals surface area contributed by atoms with Crippen molar-refractivity contribution in [3.05, 3.63) is 89.4 Å². The zero-order valence-corrected chi connectivity index (χ0v) is 19.2. The number of hydrogen-bond acceptors (Lipinski definition) is 5. The summed E-state index contributed by atoms with van der Waals surface area (Å²) >= 11 is 0. The van der Waals surface area contributed by atoms with E-state index in [0.717, 1.165) is 48.0 Å². The number of sulfonamides is 1. The number of hydrogen-bond donors (Lipinski definition) is 2. The van der Waals surface area contributed by atoms with Gasteiger partial charge in [-0.3, -0.25) is 4.72 Å². The normalized spacial score (nSPS) is 11.7. The Labute approximate surface area is 192 Å². The molecule has 0 spiro atoms. The second-order valence-electron chi connectivity index (χ2n) is 8.02. The summed E-state index contributed by atoms with van der Waals surface area (Å²) in [7, 11) is -3.62. The highest BCUT2D eigenvalue weighted by Crippen LogP contribution is 2.21. The summed E-state index contributed by atoms with van der Waals surface area (Å²) in [5.41, 5.74) is 3.85. The molecule has 0 fully saturated rings. The third-order valence-corrected chi connectivity index (χ3v) is 6.76. The Hall–Kier alpha value is -3.23. The summed E-state index contributed by atoms with van der Waals surface area (Å²) < 4.78 is 46.3. The van der Waals surface area contributed by atoms with E-state index in [-0.39, 0.29) is 10.7 Å². The molecule has 0 radical (unpaired) electrons. The predicted octanol–water partition coefficient (Wildman–Crippen LogP) is 5.19. The molecule has 0 saturated carbocycles. The first-order chi connectivity index (χ1) is 15.9. The molecule has 0 bridgehead atoms. The molecular formula is C25H26FN3O3S. The maximum Gasteiger partial charge on any atom is 0.261 e. The van der Waals surface area contributed by atoms with Crippen LogP contribution in [0.5, 0.6) is 0 Å². The molecule has 6 nitrogen and oxygen atoms in total. The van der Waals surface area contributed by atoms with Crippen molar-refractivity contribution in [1.82, 2.24) is 10.5 Å². The first-order valence-corrected chi connectivity index (χ1v) is 12.3. The van der Waals surface area contributed by atoms with Gasteiger partial charge in [0.05, 0.1) is 10.6 Å². The lowest BCUT2D eigenvalue weighted by molar-refractivity contribution is 0.442. The maximum absolute atomic E-state index is 13.2. The molecule has 0 saturated heterocycles. The van der Waals surface area contributed by atoms with Crippen LogP contribution in [0, 0.1) is 12.7 Å². The molecule has 0 aliphatic heterocycles. The number of aryl methyl sites for hydroxylation is 2. The van der Waals surface area contributed by atoms with Crippen molar-refractivity contribution in [3.63, 3.8) is 0 Å². The lowest BCUT2D eigenvalue weighted by atomic mass is 10.1. The lowest BCUT2D eigenvalue weighted by Gasteiger charge is -2.10. The Morgan fingerprint density at radius 1 is 1.00 bits per heavy atom. The van der Waals surface area contributed by atoms with E-state index in [1.807, 2.05) is 25.1 Å². The monoisotopic (exact) mass is 467 g/mol. The van der Waals surface area contributed by atoms with Crippen LogP contribution in [0.3, 0.4) is 0 Å². The number of benzene rings is 3. The second-order valence-corrected chi connectivity index (χ2v) is 9.70. The van der Waals surface area contributed by atoms with E-state index in [1.165, 1.54) is 12.1 Å². The Morgan fingerprint density at radius 2 is 1.82 bits per heavy atom. The molecule has 0 aliphatic rings. The van der Waals surface area contributed by atoms with Gasteiger partial charge in [0.25, 0.3) is 10.0 Å². The van der Waals surface area contributed by atoms with E-state index in [4.69, 9.17) is 4.52 Å². The highest BCUT2D eigenvalue weighted by Gasteiger charge is 2.14. The zero-order valence-electron chi connectivity index (χ0n) is 18.3. The number of nitrogens with one attached hydrogen (secondary N) is 2. The van der Waals surface area contributed by atoms with Crippen LogP contribution < -0.4 is 10.0 Å². The van der Waals surface area contributed by atoms with E-state index in [2.05, 4.69) is 15.2 Å². The van der Waals surface area contributed by atoms with Gasteiger partial charge in [-0.15, -0.1) is 0 Å². The minimum Gasteiger partial charge on any atom is -0.356 e. The van der Waals surface area contributed by atoms with Gasteiger partial charge in [-0.05, 0) is 74.7 Å². The van der Waals surface area contributed by atoms with E-state index >= 15 is 0 Å². The SMILES string of the molecule is Cc1ccc(S(=O)(=O)Nc2cccc(CNCCCCc3noc4cc(F)ccc34)c2)cc1. The van der Waals surface area contributed by atoms with Gasteiger partial charge in [0.2, 0.25) is 0 Å². The van der Waals surface area contributed by atoms with Crippen molar-refractivity contribution in [3.8, 4) is 0 Å². The fraction of sp³-hybridized carbons (Fsp3) is 0.240. The van der Waals surface area contributed by atoms with Crippen LogP contribution in [0.15, 0.2) is 76.1 Å².